The first kappa shape index (κ1) is 21.4. The highest BCUT2D eigenvalue weighted by atomic mass is 16.5. The summed E-state index contributed by atoms with van der Waals surface area (Å²) >= 11 is 0. The molecule has 2 atom stereocenters. The van der Waals surface area contributed by atoms with E-state index >= 15 is 0 Å². The first-order valence-corrected chi connectivity index (χ1v) is 9.62. The Kier molecular flexibility index (Phi) is 6.71. The van der Waals surface area contributed by atoms with E-state index in [0.29, 0.717) is 30.0 Å². The maximum Gasteiger partial charge on any atom is 0.308 e. The highest BCUT2D eigenvalue weighted by molar-refractivity contribution is 6.05. The number of nitrogens with zero attached hydrogens (tertiary/aromatic N) is 1. The van der Waals surface area contributed by atoms with Gasteiger partial charge in [0.2, 0.25) is 11.8 Å². The maximum atomic E-state index is 12.4. The molecule has 0 aromatic heterocycles. The molecular formula is C21H24N2O7. The Morgan fingerprint density at radius 1 is 1.03 bits per heavy atom. The van der Waals surface area contributed by atoms with Crippen LogP contribution in [0.5, 0.6) is 11.5 Å². The molecule has 0 spiro atoms. The monoisotopic (exact) mass is 416 g/mol. The molecule has 9 heteroatoms. The van der Waals surface area contributed by atoms with E-state index < -0.39 is 18.5 Å². The predicted molar refractivity (Wildman–Crippen MR) is 106 cm³/mol. The Labute approximate surface area is 174 Å². The summed E-state index contributed by atoms with van der Waals surface area (Å²) in [6.45, 7) is -0.523. The van der Waals surface area contributed by atoms with Crippen molar-refractivity contribution in [2.75, 3.05) is 32.7 Å². The molecule has 1 aliphatic carbocycles. The van der Waals surface area contributed by atoms with E-state index in [1.807, 2.05) is 12.2 Å². The highest BCUT2D eigenvalue weighted by Crippen LogP contribution is 2.35. The summed E-state index contributed by atoms with van der Waals surface area (Å²) in [6, 6.07) is 4.84. The van der Waals surface area contributed by atoms with Crippen LogP contribution in [-0.2, 0) is 23.9 Å². The van der Waals surface area contributed by atoms with Gasteiger partial charge in [-0.3, -0.25) is 24.1 Å². The number of hydrogen-bond donors (Lipinski definition) is 1. The lowest BCUT2D eigenvalue weighted by Crippen LogP contribution is -2.33. The van der Waals surface area contributed by atoms with Gasteiger partial charge in [0.25, 0.3) is 5.91 Å². The van der Waals surface area contributed by atoms with Crippen molar-refractivity contribution in [2.24, 2.45) is 11.8 Å². The van der Waals surface area contributed by atoms with Gasteiger partial charge in [-0.15, -0.1) is 0 Å². The van der Waals surface area contributed by atoms with Gasteiger partial charge in [-0.2, -0.15) is 0 Å². The molecule has 9 nitrogen and oxygen atoms in total. The van der Waals surface area contributed by atoms with E-state index in [9.17, 15) is 19.2 Å². The smallest absolute Gasteiger partial charge is 0.308 e. The Bertz CT molecular complexity index is 854. The van der Waals surface area contributed by atoms with Crippen LogP contribution in [0.25, 0.3) is 0 Å². The van der Waals surface area contributed by atoms with Crippen molar-refractivity contribution in [3.8, 4) is 11.5 Å². The first-order valence-electron chi connectivity index (χ1n) is 9.62. The number of imide groups is 1. The van der Waals surface area contributed by atoms with Crippen molar-refractivity contribution in [1.82, 2.24) is 4.90 Å². The van der Waals surface area contributed by atoms with E-state index in [4.69, 9.17) is 14.2 Å². The summed E-state index contributed by atoms with van der Waals surface area (Å²) in [5.74, 6) is -1.36. The van der Waals surface area contributed by atoms with Gasteiger partial charge in [-0.05, 0) is 25.0 Å². The third kappa shape index (κ3) is 4.61. The number of anilines is 1. The molecule has 2 aliphatic rings. The molecule has 0 unspecified atom stereocenters. The van der Waals surface area contributed by atoms with Gasteiger partial charge in [0.15, 0.2) is 18.1 Å². The molecular weight excluding hydrogens is 392 g/mol. The van der Waals surface area contributed by atoms with Gasteiger partial charge in [0, 0.05) is 18.3 Å². The van der Waals surface area contributed by atoms with Crippen LogP contribution in [0.1, 0.15) is 19.3 Å². The van der Waals surface area contributed by atoms with Crippen LogP contribution in [0, 0.1) is 11.8 Å². The van der Waals surface area contributed by atoms with Crippen molar-refractivity contribution in [1.29, 1.82) is 0 Å². The lowest BCUT2D eigenvalue weighted by atomic mass is 9.85. The number of rotatable bonds is 8. The zero-order valence-electron chi connectivity index (χ0n) is 16.9. The van der Waals surface area contributed by atoms with Crippen molar-refractivity contribution in [3.05, 3.63) is 30.4 Å². The number of likely N-dealkylation sites (tertiary alicyclic amines) is 1. The van der Waals surface area contributed by atoms with Crippen LogP contribution in [-0.4, -0.2) is 56.0 Å². The fraction of sp³-hybridized carbons (Fsp3) is 0.429. The van der Waals surface area contributed by atoms with Crippen LogP contribution in [0.3, 0.4) is 0 Å². The van der Waals surface area contributed by atoms with Gasteiger partial charge >= 0.3 is 5.97 Å². The van der Waals surface area contributed by atoms with Crippen molar-refractivity contribution in [3.63, 3.8) is 0 Å². The summed E-state index contributed by atoms with van der Waals surface area (Å²) in [4.78, 5) is 49.9. The number of carbonyl (C=O) groups excluding carboxylic acids is 4. The van der Waals surface area contributed by atoms with Crippen LogP contribution in [0.4, 0.5) is 5.69 Å². The molecule has 3 amide bonds. The van der Waals surface area contributed by atoms with E-state index in [-0.39, 0.29) is 36.6 Å². The fourth-order valence-corrected chi connectivity index (χ4v) is 3.62. The molecule has 1 aliphatic heterocycles. The zero-order valence-corrected chi connectivity index (χ0v) is 16.9. The van der Waals surface area contributed by atoms with Gasteiger partial charge in [-0.25, -0.2) is 0 Å². The second-order valence-corrected chi connectivity index (χ2v) is 7.01. The normalized spacial score (nSPS) is 20.0. The molecule has 1 aromatic carbocycles. The van der Waals surface area contributed by atoms with Gasteiger partial charge in [0.05, 0.1) is 32.5 Å². The zero-order chi connectivity index (χ0) is 21.7. The third-order valence-electron chi connectivity index (χ3n) is 5.17. The molecule has 3 rings (SSSR count). The summed E-state index contributed by atoms with van der Waals surface area (Å²) in [5.41, 5.74) is 0.457. The molecule has 0 radical (unpaired) electrons. The van der Waals surface area contributed by atoms with Crippen molar-refractivity contribution < 1.29 is 33.4 Å². The second-order valence-electron chi connectivity index (χ2n) is 7.01. The van der Waals surface area contributed by atoms with Crippen molar-refractivity contribution in [2.45, 2.75) is 19.3 Å². The summed E-state index contributed by atoms with van der Waals surface area (Å²) in [5, 5.41) is 2.59. The maximum absolute atomic E-state index is 12.4. The number of carbonyl (C=O) groups is 4. The van der Waals surface area contributed by atoms with Crippen molar-refractivity contribution >= 4 is 29.4 Å². The van der Waals surface area contributed by atoms with Gasteiger partial charge < -0.3 is 19.5 Å². The minimum absolute atomic E-state index is 0.0409. The minimum atomic E-state index is -0.661. The molecule has 30 heavy (non-hydrogen) atoms. The molecule has 0 saturated carbocycles. The topological polar surface area (TPSA) is 111 Å². The highest BCUT2D eigenvalue weighted by Gasteiger charge is 2.46. The number of allylic oxidation sites excluding steroid dienone is 2. The second kappa shape index (κ2) is 9.43. The standard InChI is InChI=1S/C21H24N2O7/c1-28-16-8-7-13(11-17(16)29-2)22-18(24)12-30-19(25)9-10-23-20(26)14-5-3-4-6-15(14)21(23)27/h3-4,7-8,11,14-15H,5-6,9-10,12H2,1-2H3,(H,22,24)/t14-,15+. The van der Waals surface area contributed by atoms with Crippen LogP contribution < -0.4 is 14.8 Å². The number of methoxy groups -OCH3 is 2. The Hall–Kier alpha value is -3.36. The molecule has 1 saturated heterocycles. The van der Waals surface area contributed by atoms with E-state index in [2.05, 4.69) is 5.32 Å². The quantitative estimate of drug-likeness (QED) is 0.389. The Balaban J connectivity index is 1.44. The molecule has 1 aromatic rings. The number of amides is 3. The Morgan fingerprint density at radius 3 is 2.27 bits per heavy atom. The van der Waals surface area contributed by atoms with Crippen LogP contribution in [0.15, 0.2) is 30.4 Å². The van der Waals surface area contributed by atoms with E-state index in [1.54, 1.807) is 18.2 Å². The van der Waals surface area contributed by atoms with Crippen LogP contribution >= 0.6 is 0 Å². The predicted octanol–water partition coefficient (Wildman–Crippen LogP) is 1.53. The lowest BCUT2D eigenvalue weighted by Gasteiger charge is -2.14. The van der Waals surface area contributed by atoms with Gasteiger partial charge in [0.1, 0.15) is 0 Å². The molecule has 1 N–H and O–H groups in total. The molecule has 1 fully saturated rings. The number of nitrogens with one attached hydrogen (secondary N) is 1. The molecule has 160 valence electrons. The SMILES string of the molecule is COc1ccc(NC(=O)COC(=O)CCN2C(=O)[C@H]3CC=CC[C@H]3C2=O)cc1OC. The number of esters is 1. The Morgan fingerprint density at radius 2 is 1.67 bits per heavy atom. The number of hydrogen-bond acceptors (Lipinski definition) is 7. The summed E-state index contributed by atoms with van der Waals surface area (Å²) < 4.78 is 15.3. The third-order valence-corrected chi connectivity index (χ3v) is 5.17. The summed E-state index contributed by atoms with van der Waals surface area (Å²) in [7, 11) is 2.98. The first-order chi connectivity index (χ1) is 14.4. The lowest BCUT2D eigenvalue weighted by molar-refractivity contribution is -0.148. The number of fused-ring (bicyclic) bond motifs is 1. The number of benzene rings is 1. The van der Waals surface area contributed by atoms with Crippen LogP contribution in [0.2, 0.25) is 0 Å². The largest absolute Gasteiger partial charge is 0.493 e. The summed E-state index contributed by atoms with van der Waals surface area (Å²) in [6.07, 6.45) is 4.75. The average Bonchev–Trinajstić information content (AvgIpc) is 3.00. The molecule has 0 bridgehead atoms. The fourth-order valence-electron chi connectivity index (χ4n) is 3.62. The molecule has 1 heterocycles. The number of ether oxygens (including phenoxy) is 3. The van der Waals surface area contributed by atoms with E-state index in [1.165, 1.54) is 14.2 Å². The average molecular weight is 416 g/mol. The van der Waals surface area contributed by atoms with E-state index in [0.717, 1.165) is 4.90 Å². The van der Waals surface area contributed by atoms with Gasteiger partial charge in [-0.1, -0.05) is 12.2 Å². The minimum Gasteiger partial charge on any atom is -0.493 e.